The number of sulfonamides is 1. The van der Waals surface area contributed by atoms with E-state index in [0.29, 0.717) is 23.8 Å². The van der Waals surface area contributed by atoms with E-state index >= 15 is 0 Å². The summed E-state index contributed by atoms with van der Waals surface area (Å²) in [6.45, 7) is 4.62. The average molecular weight is 360 g/mol. The van der Waals surface area contributed by atoms with Gasteiger partial charge in [-0.1, -0.05) is 19.8 Å². The first-order valence-corrected chi connectivity index (χ1v) is 10.5. The normalized spacial score (nSPS) is 23.3. The van der Waals surface area contributed by atoms with Crippen molar-refractivity contribution in [2.24, 2.45) is 5.92 Å². The summed E-state index contributed by atoms with van der Waals surface area (Å²) >= 11 is 0. The minimum absolute atomic E-state index is 0.00601. The number of aromatic nitrogens is 1. The number of nitrogens with one attached hydrogen (secondary N) is 1. The average Bonchev–Trinajstić information content (AvgIpc) is 2.99. The van der Waals surface area contributed by atoms with Crippen LogP contribution in [0.5, 0.6) is 0 Å². The summed E-state index contributed by atoms with van der Waals surface area (Å²) in [5.41, 5.74) is 2.68. The molecule has 0 bridgehead atoms. The van der Waals surface area contributed by atoms with E-state index in [-0.39, 0.29) is 11.6 Å². The molecule has 0 unspecified atom stereocenters. The van der Waals surface area contributed by atoms with Gasteiger partial charge >= 0.3 is 0 Å². The second-order valence-corrected chi connectivity index (χ2v) is 9.25. The highest BCUT2D eigenvalue weighted by atomic mass is 32.2. The smallest absolute Gasteiger partial charge is 0.251 e. The fraction of sp³-hybridized carbons (Fsp3) is 0.526. The van der Waals surface area contributed by atoms with Crippen LogP contribution in [0.1, 0.15) is 43.7 Å². The zero-order valence-corrected chi connectivity index (χ0v) is 15.5. The van der Waals surface area contributed by atoms with Crippen molar-refractivity contribution in [3.05, 3.63) is 39.7 Å². The summed E-state index contributed by atoms with van der Waals surface area (Å²) in [5, 5.41) is 0.867. The van der Waals surface area contributed by atoms with Crippen LogP contribution in [0, 0.1) is 12.8 Å². The van der Waals surface area contributed by atoms with Crippen molar-refractivity contribution in [1.29, 1.82) is 0 Å². The number of aryl methyl sites for hydroxylation is 3. The lowest BCUT2D eigenvalue weighted by atomic mass is 9.87. The Morgan fingerprint density at radius 2 is 1.92 bits per heavy atom. The molecule has 134 valence electrons. The Labute approximate surface area is 148 Å². The third-order valence-electron chi connectivity index (χ3n) is 5.80. The van der Waals surface area contributed by atoms with E-state index in [4.69, 9.17) is 0 Å². The highest BCUT2D eigenvalue weighted by molar-refractivity contribution is 7.89. The molecule has 1 saturated carbocycles. The Bertz CT molecular complexity index is 1010. The molecule has 0 radical (unpaired) electrons. The highest BCUT2D eigenvalue weighted by Gasteiger charge is 2.28. The SMILES string of the molecule is Cc1cc(=O)n2c3c(cc(S(=O)(=O)N[C@@H]4CCCC[C@@H]4C)cc13)CC2. The summed E-state index contributed by atoms with van der Waals surface area (Å²) in [7, 11) is -3.56. The molecule has 1 aliphatic heterocycles. The third-order valence-corrected chi connectivity index (χ3v) is 7.27. The van der Waals surface area contributed by atoms with Gasteiger partial charge in [-0.25, -0.2) is 13.1 Å². The predicted octanol–water partition coefficient (Wildman–Crippen LogP) is 2.72. The Morgan fingerprint density at radius 1 is 1.16 bits per heavy atom. The Morgan fingerprint density at radius 3 is 2.68 bits per heavy atom. The summed E-state index contributed by atoms with van der Waals surface area (Å²) in [5.74, 6) is 0.367. The minimum atomic E-state index is -3.56. The summed E-state index contributed by atoms with van der Waals surface area (Å²) < 4.78 is 30.6. The summed E-state index contributed by atoms with van der Waals surface area (Å²) in [6, 6.07) is 5.09. The second-order valence-electron chi connectivity index (χ2n) is 7.54. The Balaban J connectivity index is 1.79. The topological polar surface area (TPSA) is 68.2 Å². The van der Waals surface area contributed by atoms with Crippen molar-refractivity contribution >= 4 is 20.9 Å². The lowest BCUT2D eigenvalue weighted by molar-refractivity contribution is 0.310. The molecule has 6 heteroatoms. The first-order valence-electron chi connectivity index (χ1n) is 9.06. The van der Waals surface area contributed by atoms with Gasteiger partial charge in [0.15, 0.2) is 0 Å². The van der Waals surface area contributed by atoms with Crippen LogP contribution in [0.25, 0.3) is 10.9 Å². The maximum Gasteiger partial charge on any atom is 0.251 e. The van der Waals surface area contributed by atoms with Gasteiger partial charge in [0.05, 0.1) is 10.4 Å². The molecule has 1 N–H and O–H groups in total. The molecule has 1 aromatic carbocycles. The summed E-state index contributed by atoms with van der Waals surface area (Å²) in [6.07, 6.45) is 4.93. The lowest BCUT2D eigenvalue weighted by Crippen LogP contribution is -2.41. The molecule has 2 aromatic rings. The van der Waals surface area contributed by atoms with E-state index in [0.717, 1.165) is 41.3 Å². The molecular formula is C19H24N2O3S. The second kappa shape index (κ2) is 5.95. The first kappa shape index (κ1) is 16.8. The third kappa shape index (κ3) is 2.81. The van der Waals surface area contributed by atoms with E-state index in [1.165, 1.54) is 6.42 Å². The molecule has 4 rings (SSSR count). The molecule has 2 aliphatic rings. The van der Waals surface area contributed by atoms with Gasteiger partial charge in [-0.15, -0.1) is 0 Å². The Kier molecular flexibility index (Phi) is 4.00. The molecule has 1 aromatic heterocycles. The fourth-order valence-electron chi connectivity index (χ4n) is 4.29. The highest BCUT2D eigenvalue weighted by Crippen LogP contribution is 2.31. The quantitative estimate of drug-likeness (QED) is 0.915. The van der Waals surface area contributed by atoms with Crippen molar-refractivity contribution < 1.29 is 8.42 Å². The van der Waals surface area contributed by atoms with Gasteiger partial charge in [-0.05, 0) is 55.4 Å². The summed E-state index contributed by atoms with van der Waals surface area (Å²) in [4.78, 5) is 12.5. The van der Waals surface area contributed by atoms with Crippen LogP contribution in [-0.4, -0.2) is 19.0 Å². The molecule has 0 spiro atoms. The van der Waals surface area contributed by atoms with Crippen LogP contribution in [0.3, 0.4) is 0 Å². The molecule has 5 nitrogen and oxygen atoms in total. The van der Waals surface area contributed by atoms with Crippen LogP contribution in [0.15, 0.2) is 27.9 Å². The largest absolute Gasteiger partial charge is 0.308 e. The van der Waals surface area contributed by atoms with E-state index in [1.807, 2.05) is 6.92 Å². The predicted molar refractivity (Wildman–Crippen MR) is 98.4 cm³/mol. The monoisotopic (exact) mass is 360 g/mol. The van der Waals surface area contributed by atoms with Crippen LogP contribution in [-0.2, 0) is 23.0 Å². The van der Waals surface area contributed by atoms with Gasteiger partial charge in [-0.2, -0.15) is 0 Å². The Hall–Kier alpha value is -1.66. The first-order chi connectivity index (χ1) is 11.9. The molecule has 25 heavy (non-hydrogen) atoms. The minimum Gasteiger partial charge on any atom is -0.308 e. The zero-order chi connectivity index (χ0) is 17.8. The molecule has 2 atom stereocenters. The number of hydrogen-bond acceptors (Lipinski definition) is 3. The van der Waals surface area contributed by atoms with Crippen molar-refractivity contribution in [2.75, 3.05) is 0 Å². The van der Waals surface area contributed by atoms with Gasteiger partial charge in [0, 0.05) is 24.0 Å². The molecule has 0 amide bonds. The van der Waals surface area contributed by atoms with Crippen molar-refractivity contribution in [3.63, 3.8) is 0 Å². The molecule has 0 saturated heterocycles. The molecule has 1 aliphatic carbocycles. The number of hydrogen-bond donors (Lipinski definition) is 1. The number of benzene rings is 1. The van der Waals surface area contributed by atoms with Crippen LogP contribution >= 0.6 is 0 Å². The number of pyridine rings is 1. The van der Waals surface area contributed by atoms with Crippen LogP contribution in [0.4, 0.5) is 0 Å². The van der Waals surface area contributed by atoms with Crippen LogP contribution < -0.4 is 10.3 Å². The molecular weight excluding hydrogens is 336 g/mol. The van der Waals surface area contributed by atoms with Crippen molar-refractivity contribution in [2.45, 2.75) is 63.4 Å². The van der Waals surface area contributed by atoms with Gasteiger partial charge < -0.3 is 4.57 Å². The standard InChI is InChI=1S/C19H24N2O3S/c1-12-5-3-4-6-17(12)20-25(23,24)15-10-14-7-8-21-18(22)9-13(2)16(11-15)19(14)21/h9-12,17,20H,3-8H2,1-2H3/t12-,17+/m0/s1. The molecule has 2 heterocycles. The fourth-order valence-corrected chi connectivity index (χ4v) is 5.75. The van der Waals surface area contributed by atoms with Gasteiger partial charge in [0.1, 0.15) is 0 Å². The number of nitrogens with zero attached hydrogens (tertiary/aromatic N) is 1. The van der Waals surface area contributed by atoms with Gasteiger partial charge in [-0.3, -0.25) is 4.79 Å². The van der Waals surface area contributed by atoms with Gasteiger partial charge in [0.2, 0.25) is 10.0 Å². The zero-order valence-electron chi connectivity index (χ0n) is 14.7. The number of rotatable bonds is 3. The van der Waals surface area contributed by atoms with E-state index in [2.05, 4.69) is 11.6 Å². The van der Waals surface area contributed by atoms with E-state index < -0.39 is 10.0 Å². The van der Waals surface area contributed by atoms with E-state index in [1.54, 1.807) is 22.8 Å². The molecule has 1 fully saturated rings. The van der Waals surface area contributed by atoms with Gasteiger partial charge in [0.25, 0.3) is 5.56 Å². The maximum atomic E-state index is 13.0. The van der Waals surface area contributed by atoms with Crippen molar-refractivity contribution in [3.8, 4) is 0 Å². The maximum absolute atomic E-state index is 13.0. The van der Waals surface area contributed by atoms with Crippen LogP contribution in [0.2, 0.25) is 0 Å². The van der Waals surface area contributed by atoms with Crippen molar-refractivity contribution in [1.82, 2.24) is 9.29 Å². The van der Waals surface area contributed by atoms with E-state index in [9.17, 15) is 13.2 Å². The lowest BCUT2D eigenvalue weighted by Gasteiger charge is -2.29.